The van der Waals surface area contributed by atoms with E-state index in [1.54, 1.807) is 0 Å². The van der Waals surface area contributed by atoms with E-state index < -0.39 is 0 Å². The molecule has 0 radical (unpaired) electrons. The quantitative estimate of drug-likeness (QED) is 0.365. The Bertz CT molecular complexity index is 764. The van der Waals surface area contributed by atoms with Gasteiger partial charge in [0.25, 0.3) is 0 Å². The Labute approximate surface area is 178 Å². The summed E-state index contributed by atoms with van der Waals surface area (Å²) in [7, 11) is 0. The Morgan fingerprint density at radius 1 is 1.07 bits per heavy atom. The SMILES string of the molecule is I.NC(=NCc1ccccc1CN1CCCC1=O)NCCc1ccccc1. The standard InChI is InChI=1S/C21H26N4O.HI/c22-21(23-13-12-17-7-2-1-3-8-17)24-15-18-9-4-5-10-19(18)16-25-14-6-11-20(25)26;/h1-5,7-10H,6,11-16H2,(H3,22,23,24);1H. The molecule has 5 nitrogen and oxygen atoms in total. The van der Waals surface area contributed by atoms with E-state index in [2.05, 4.69) is 34.6 Å². The minimum Gasteiger partial charge on any atom is -0.370 e. The normalized spacial score (nSPS) is 14.1. The molecule has 1 aliphatic heterocycles. The van der Waals surface area contributed by atoms with Crippen LogP contribution in [0.2, 0.25) is 0 Å². The van der Waals surface area contributed by atoms with Gasteiger partial charge in [0, 0.05) is 26.1 Å². The van der Waals surface area contributed by atoms with Crippen molar-refractivity contribution in [3.8, 4) is 0 Å². The number of nitrogens with zero attached hydrogens (tertiary/aromatic N) is 2. The number of nitrogens with two attached hydrogens (primary N) is 1. The van der Waals surface area contributed by atoms with Gasteiger partial charge in [-0.25, -0.2) is 4.99 Å². The van der Waals surface area contributed by atoms with E-state index in [0.717, 1.165) is 37.1 Å². The predicted octanol–water partition coefficient (Wildman–Crippen LogP) is 3.07. The van der Waals surface area contributed by atoms with Gasteiger partial charge in [-0.15, -0.1) is 24.0 Å². The van der Waals surface area contributed by atoms with Gasteiger partial charge in [-0.1, -0.05) is 54.6 Å². The lowest BCUT2D eigenvalue weighted by atomic mass is 10.1. The van der Waals surface area contributed by atoms with Crippen LogP contribution in [0.5, 0.6) is 0 Å². The van der Waals surface area contributed by atoms with Gasteiger partial charge < -0.3 is 16.0 Å². The summed E-state index contributed by atoms with van der Waals surface area (Å²) in [6.07, 6.45) is 2.53. The van der Waals surface area contributed by atoms with Crippen LogP contribution in [0.3, 0.4) is 0 Å². The maximum Gasteiger partial charge on any atom is 0.222 e. The largest absolute Gasteiger partial charge is 0.370 e. The molecule has 0 spiro atoms. The minimum atomic E-state index is 0. The first kappa shape index (κ1) is 21.2. The number of nitrogens with one attached hydrogen (secondary N) is 1. The second kappa shape index (κ2) is 10.9. The van der Waals surface area contributed by atoms with Crippen molar-refractivity contribution in [1.29, 1.82) is 0 Å². The van der Waals surface area contributed by atoms with Crippen molar-refractivity contribution in [3.05, 3.63) is 71.3 Å². The molecule has 0 bridgehead atoms. The first-order valence-corrected chi connectivity index (χ1v) is 9.14. The maximum absolute atomic E-state index is 11.9. The van der Waals surface area contributed by atoms with Gasteiger partial charge in [0.1, 0.15) is 0 Å². The van der Waals surface area contributed by atoms with Gasteiger partial charge in [0.05, 0.1) is 6.54 Å². The molecule has 3 rings (SSSR count). The molecule has 3 N–H and O–H groups in total. The fourth-order valence-corrected chi connectivity index (χ4v) is 3.15. The van der Waals surface area contributed by atoms with Crippen molar-refractivity contribution in [2.24, 2.45) is 10.7 Å². The number of benzene rings is 2. The van der Waals surface area contributed by atoms with E-state index in [0.29, 0.717) is 25.5 Å². The number of carbonyl (C=O) groups is 1. The van der Waals surface area contributed by atoms with Gasteiger partial charge in [0.15, 0.2) is 5.96 Å². The Morgan fingerprint density at radius 2 is 1.78 bits per heavy atom. The Balaban J connectivity index is 0.00000261. The zero-order chi connectivity index (χ0) is 18.2. The highest BCUT2D eigenvalue weighted by Gasteiger charge is 2.20. The van der Waals surface area contributed by atoms with Crippen LogP contribution in [0.1, 0.15) is 29.5 Å². The number of rotatable bonds is 7. The average molecular weight is 478 g/mol. The first-order chi connectivity index (χ1) is 12.7. The second-order valence-corrected chi connectivity index (χ2v) is 6.55. The maximum atomic E-state index is 11.9. The number of guanidine groups is 1. The fourth-order valence-electron chi connectivity index (χ4n) is 3.15. The Morgan fingerprint density at radius 3 is 2.48 bits per heavy atom. The minimum absolute atomic E-state index is 0. The summed E-state index contributed by atoms with van der Waals surface area (Å²) in [4.78, 5) is 18.2. The van der Waals surface area contributed by atoms with E-state index in [-0.39, 0.29) is 29.9 Å². The topological polar surface area (TPSA) is 70.7 Å². The van der Waals surface area contributed by atoms with Crippen LogP contribution < -0.4 is 11.1 Å². The lowest BCUT2D eigenvalue weighted by molar-refractivity contribution is -0.128. The third-order valence-electron chi connectivity index (χ3n) is 4.63. The van der Waals surface area contributed by atoms with E-state index in [1.807, 2.05) is 35.2 Å². The monoisotopic (exact) mass is 478 g/mol. The van der Waals surface area contributed by atoms with Crippen molar-refractivity contribution >= 4 is 35.8 Å². The fraction of sp³-hybridized carbons (Fsp3) is 0.333. The molecule has 2 aromatic rings. The van der Waals surface area contributed by atoms with Crippen molar-refractivity contribution in [2.45, 2.75) is 32.4 Å². The van der Waals surface area contributed by atoms with E-state index in [1.165, 1.54) is 5.56 Å². The molecule has 0 atom stereocenters. The number of halogens is 1. The zero-order valence-corrected chi connectivity index (χ0v) is 17.8. The summed E-state index contributed by atoms with van der Waals surface area (Å²) in [5.74, 6) is 0.693. The first-order valence-electron chi connectivity index (χ1n) is 9.14. The molecule has 1 aliphatic rings. The smallest absolute Gasteiger partial charge is 0.222 e. The molecule has 1 heterocycles. The van der Waals surface area contributed by atoms with Crippen LogP contribution in [-0.4, -0.2) is 29.9 Å². The van der Waals surface area contributed by atoms with Crippen molar-refractivity contribution < 1.29 is 4.79 Å². The van der Waals surface area contributed by atoms with E-state index in [4.69, 9.17) is 5.73 Å². The van der Waals surface area contributed by atoms with Gasteiger partial charge in [0.2, 0.25) is 5.91 Å². The van der Waals surface area contributed by atoms with Crippen LogP contribution in [0, 0.1) is 0 Å². The van der Waals surface area contributed by atoms with Crippen LogP contribution in [-0.2, 0) is 24.3 Å². The molecule has 0 unspecified atom stereocenters. The highest BCUT2D eigenvalue weighted by Crippen LogP contribution is 2.17. The third kappa shape index (κ3) is 6.53. The highest BCUT2D eigenvalue weighted by atomic mass is 127. The van der Waals surface area contributed by atoms with Crippen molar-refractivity contribution in [3.63, 3.8) is 0 Å². The lowest BCUT2D eigenvalue weighted by Gasteiger charge is -2.17. The summed E-state index contributed by atoms with van der Waals surface area (Å²) in [6.45, 7) is 2.77. The predicted molar refractivity (Wildman–Crippen MR) is 120 cm³/mol. The zero-order valence-electron chi connectivity index (χ0n) is 15.4. The van der Waals surface area contributed by atoms with Crippen LogP contribution >= 0.6 is 24.0 Å². The van der Waals surface area contributed by atoms with Gasteiger partial charge in [-0.05, 0) is 29.5 Å². The molecule has 27 heavy (non-hydrogen) atoms. The number of aliphatic imine (C=N–C) groups is 1. The van der Waals surface area contributed by atoms with E-state index >= 15 is 0 Å². The lowest BCUT2D eigenvalue weighted by Crippen LogP contribution is -2.33. The highest BCUT2D eigenvalue weighted by molar-refractivity contribution is 14.0. The average Bonchev–Trinajstić information content (AvgIpc) is 3.06. The summed E-state index contributed by atoms with van der Waals surface area (Å²) >= 11 is 0. The number of amides is 1. The summed E-state index contributed by atoms with van der Waals surface area (Å²) < 4.78 is 0. The number of likely N-dealkylation sites (tertiary alicyclic amines) is 1. The van der Waals surface area contributed by atoms with Gasteiger partial charge in [-0.3, -0.25) is 4.79 Å². The molecule has 2 aromatic carbocycles. The van der Waals surface area contributed by atoms with Gasteiger partial charge in [-0.2, -0.15) is 0 Å². The Hall–Kier alpha value is -2.09. The molecule has 0 saturated carbocycles. The molecule has 0 aromatic heterocycles. The summed E-state index contributed by atoms with van der Waals surface area (Å²) in [5, 5.41) is 3.16. The molecule has 1 amide bonds. The van der Waals surface area contributed by atoms with Crippen molar-refractivity contribution in [1.82, 2.24) is 10.2 Å². The van der Waals surface area contributed by atoms with E-state index in [9.17, 15) is 4.79 Å². The molecule has 144 valence electrons. The van der Waals surface area contributed by atoms with Crippen molar-refractivity contribution in [2.75, 3.05) is 13.1 Å². The molecular weight excluding hydrogens is 451 g/mol. The molecule has 0 aliphatic carbocycles. The Kier molecular flexibility index (Phi) is 8.57. The van der Waals surface area contributed by atoms with Crippen LogP contribution in [0.25, 0.3) is 0 Å². The number of carbonyl (C=O) groups excluding carboxylic acids is 1. The van der Waals surface area contributed by atoms with Gasteiger partial charge >= 0.3 is 0 Å². The molecule has 1 fully saturated rings. The summed E-state index contributed by atoms with van der Waals surface area (Å²) in [6, 6.07) is 18.4. The van der Waals surface area contributed by atoms with Crippen LogP contribution in [0.15, 0.2) is 59.6 Å². The molecular formula is C21H27IN4O. The summed E-state index contributed by atoms with van der Waals surface area (Å²) in [5.41, 5.74) is 9.52. The molecule has 6 heteroatoms. The molecule has 1 saturated heterocycles. The second-order valence-electron chi connectivity index (χ2n) is 6.55. The number of hydrogen-bond acceptors (Lipinski definition) is 2. The third-order valence-corrected chi connectivity index (χ3v) is 4.63. The van der Waals surface area contributed by atoms with Crippen LogP contribution in [0.4, 0.5) is 0 Å². The number of hydrogen-bond donors (Lipinski definition) is 2.